The molecule has 18 heavy (non-hydrogen) atoms. The van der Waals surface area contributed by atoms with Gasteiger partial charge in [0.05, 0.1) is 0 Å². The molecule has 100 valence electrons. The van der Waals surface area contributed by atoms with Gasteiger partial charge in [0.25, 0.3) is 0 Å². The fourth-order valence-corrected chi connectivity index (χ4v) is 3.04. The first-order valence-corrected chi connectivity index (χ1v) is 7.48. The Labute approximate surface area is 112 Å². The third kappa shape index (κ3) is 3.84. The first-order chi connectivity index (χ1) is 8.65. The molecule has 0 aromatic heterocycles. The Bertz CT molecular complexity index is 372. The van der Waals surface area contributed by atoms with Crippen molar-refractivity contribution in [3.05, 3.63) is 35.4 Å². The average molecular weight is 245 g/mol. The zero-order valence-electron chi connectivity index (χ0n) is 12.1. The first-order valence-electron chi connectivity index (χ1n) is 7.48. The van der Waals surface area contributed by atoms with Crippen LogP contribution in [-0.2, 0) is 0 Å². The second-order valence-electron chi connectivity index (χ2n) is 6.11. The van der Waals surface area contributed by atoms with Crippen molar-refractivity contribution in [2.75, 3.05) is 0 Å². The molecule has 1 aromatic rings. The Kier molecular flexibility index (Phi) is 4.82. The van der Waals surface area contributed by atoms with Crippen molar-refractivity contribution in [3.63, 3.8) is 0 Å². The van der Waals surface area contributed by atoms with Crippen LogP contribution in [0.3, 0.4) is 0 Å². The van der Waals surface area contributed by atoms with E-state index in [0.29, 0.717) is 12.1 Å². The van der Waals surface area contributed by atoms with Gasteiger partial charge >= 0.3 is 0 Å². The highest BCUT2D eigenvalue weighted by Gasteiger charge is 2.18. The van der Waals surface area contributed by atoms with Crippen molar-refractivity contribution in [2.24, 2.45) is 5.92 Å². The zero-order chi connectivity index (χ0) is 13.0. The molecule has 0 heterocycles. The number of hydrogen-bond acceptors (Lipinski definition) is 1. The molecular formula is C17H27N. The van der Waals surface area contributed by atoms with Gasteiger partial charge in [-0.2, -0.15) is 0 Å². The molecule has 1 nitrogen and oxygen atoms in total. The minimum Gasteiger partial charge on any atom is -0.307 e. The van der Waals surface area contributed by atoms with Crippen LogP contribution in [0.25, 0.3) is 0 Å². The summed E-state index contributed by atoms with van der Waals surface area (Å²) in [7, 11) is 0. The van der Waals surface area contributed by atoms with Crippen LogP contribution in [-0.4, -0.2) is 6.04 Å². The smallest absolute Gasteiger partial charge is 0.0294 e. The van der Waals surface area contributed by atoms with Gasteiger partial charge in [-0.25, -0.2) is 0 Å². The maximum absolute atomic E-state index is 3.82. The number of aryl methyl sites for hydroxylation is 1. The zero-order valence-corrected chi connectivity index (χ0v) is 12.1. The van der Waals surface area contributed by atoms with Crippen LogP contribution >= 0.6 is 0 Å². The molecule has 0 saturated heterocycles. The van der Waals surface area contributed by atoms with Gasteiger partial charge in [-0.3, -0.25) is 0 Å². The van der Waals surface area contributed by atoms with E-state index in [9.17, 15) is 0 Å². The van der Waals surface area contributed by atoms with Gasteiger partial charge < -0.3 is 5.32 Å². The predicted octanol–water partition coefficient (Wildman–Crippen LogP) is 4.61. The maximum Gasteiger partial charge on any atom is 0.0294 e. The summed E-state index contributed by atoms with van der Waals surface area (Å²) in [6.07, 6.45) is 6.88. The summed E-state index contributed by atoms with van der Waals surface area (Å²) in [6.45, 7) is 6.86. The van der Waals surface area contributed by atoms with E-state index < -0.39 is 0 Å². The Hall–Kier alpha value is -0.820. The molecule has 2 unspecified atom stereocenters. The molecule has 0 aliphatic heterocycles. The van der Waals surface area contributed by atoms with Crippen LogP contribution in [0.15, 0.2) is 24.3 Å². The van der Waals surface area contributed by atoms with Crippen LogP contribution in [0.5, 0.6) is 0 Å². The normalized spacial score (nSPS) is 26.6. The van der Waals surface area contributed by atoms with Crippen molar-refractivity contribution in [2.45, 2.75) is 65.0 Å². The van der Waals surface area contributed by atoms with E-state index in [4.69, 9.17) is 0 Å². The van der Waals surface area contributed by atoms with Crippen molar-refractivity contribution < 1.29 is 0 Å². The first kappa shape index (κ1) is 13.6. The van der Waals surface area contributed by atoms with Gasteiger partial charge in [-0.05, 0) is 44.6 Å². The molecule has 1 saturated carbocycles. The standard InChI is InChI=1S/C17H27N/c1-13-6-5-9-17(11-10-13)18-15(3)16-8-4-7-14(2)12-16/h4,7-8,12-13,15,17-18H,5-6,9-11H2,1-3H3/t13?,15-,17?/m0/s1. The summed E-state index contributed by atoms with van der Waals surface area (Å²) in [5, 5.41) is 3.82. The van der Waals surface area contributed by atoms with E-state index >= 15 is 0 Å². The molecule has 1 aliphatic carbocycles. The fraction of sp³-hybridized carbons (Fsp3) is 0.647. The quantitative estimate of drug-likeness (QED) is 0.767. The number of benzene rings is 1. The lowest BCUT2D eigenvalue weighted by molar-refractivity contribution is 0.408. The molecule has 0 bridgehead atoms. The van der Waals surface area contributed by atoms with E-state index in [1.165, 1.54) is 43.2 Å². The summed E-state index contributed by atoms with van der Waals surface area (Å²) in [5.41, 5.74) is 2.78. The number of hydrogen-bond donors (Lipinski definition) is 1. The Morgan fingerprint density at radius 2 is 2.00 bits per heavy atom. The molecule has 1 fully saturated rings. The summed E-state index contributed by atoms with van der Waals surface area (Å²) >= 11 is 0. The van der Waals surface area contributed by atoms with Gasteiger partial charge in [-0.15, -0.1) is 0 Å². The van der Waals surface area contributed by atoms with Crippen LogP contribution in [0.4, 0.5) is 0 Å². The molecule has 1 heteroatoms. The lowest BCUT2D eigenvalue weighted by Crippen LogP contribution is -2.31. The summed E-state index contributed by atoms with van der Waals surface area (Å²) < 4.78 is 0. The highest BCUT2D eigenvalue weighted by Crippen LogP contribution is 2.24. The molecule has 1 N–H and O–H groups in total. The SMILES string of the molecule is Cc1cccc([C@H](C)NC2CCCC(C)CC2)c1. The van der Waals surface area contributed by atoms with Crippen LogP contribution < -0.4 is 5.32 Å². The molecule has 2 rings (SSSR count). The van der Waals surface area contributed by atoms with Gasteiger partial charge in [0, 0.05) is 12.1 Å². The van der Waals surface area contributed by atoms with Crippen LogP contribution in [0.1, 0.15) is 63.1 Å². The predicted molar refractivity (Wildman–Crippen MR) is 78.8 cm³/mol. The Balaban J connectivity index is 1.92. The molecular weight excluding hydrogens is 218 g/mol. The third-order valence-electron chi connectivity index (χ3n) is 4.29. The molecule has 1 aromatic carbocycles. The van der Waals surface area contributed by atoms with Crippen molar-refractivity contribution in [3.8, 4) is 0 Å². The summed E-state index contributed by atoms with van der Waals surface area (Å²) in [5.74, 6) is 0.922. The monoisotopic (exact) mass is 245 g/mol. The van der Waals surface area contributed by atoms with Crippen molar-refractivity contribution >= 4 is 0 Å². The van der Waals surface area contributed by atoms with Gasteiger partial charge in [0.1, 0.15) is 0 Å². The second kappa shape index (κ2) is 6.38. The van der Waals surface area contributed by atoms with Gasteiger partial charge in [0.2, 0.25) is 0 Å². The lowest BCUT2D eigenvalue weighted by atomic mass is 10.0. The third-order valence-corrected chi connectivity index (χ3v) is 4.29. The highest BCUT2D eigenvalue weighted by molar-refractivity contribution is 5.24. The highest BCUT2D eigenvalue weighted by atomic mass is 14.9. The van der Waals surface area contributed by atoms with Gasteiger partial charge in [-0.1, -0.05) is 49.6 Å². The second-order valence-corrected chi connectivity index (χ2v) is 6.11. The Morgan fingerprint density at radius 3 is 2.78 bits per heavy atom. The molecule has 1 aliphatic rings. The summed E-state index contributed by atoms with van der Waals surface area (Å²) in [6, 6.07) is 10.1. The minimum absolute atomic E-state index is 0.475. The van der Waals surface area contributed by atoms with Gasteiger partial charge in [0.15, 0.2) is 0 Å². The topological polar surface area (TPSA) is 12.0 Å². The van der Waals surface area contributed by atoms with Crippen LogP contribution in [0, 0.1) is 12.8 Å². The average Bonchev–Trinajstić information content (AvgIpc) is 2.54. The largest absolute Gasteiger partial charge is 0.307 e. The number of nitrogens with one attached hydrogen (secondary N) is 1. The molecule has 0 radical (unpaired) electrons. The van der Waals surface area contributed by atoms with Crippen LogP contribution in [0.2, 0.25) is 0 Å². The van der Waals surface area contributed by atoms with E-state index in [0.717, 1.165) is 5.92 Å². The van der Waals surface area contributed by atoms with Crippen molar-refractivity contribution in [1.29, 1.82) is 0 Å². The van der Waals surface area contributed by atoms with E-state index in [2.05, 4.69) is 50.4 Å². The van der Waals surface area contributed by atoms with Crippen molar-refractivity contribution in [1.82, 2.24) is 5.32 Å². The maximum atomic E-state index is 3.82. The molecule has 3 atom stereocenters. The summed E-state index contributed by atoms with van der Waals surface area (Å²) in [4.78, 5) is 0. The fourth-order valence-electron chi connectivity index (χ4n) is 3.04. The minimum atomic E-state index is 0.475. The lowest BCUT2D eigenvalue weighted by Gasteiger charge is -2.22. The molecule has 0 spiro atoms. The molecule has 0 amide bonds. The van der Waals surface area contributed by atoms with E-state index in [-0.39, 0.29) is 0 Å². The van der Waals surface area contributed by atoms with E-state index in [1.807, 2.05) is 0 Å². The Morgan fingerprint density at radius 1 is 1.17 bits per heavy atom. The van der Waals surface area contributed by atoms with E-state index in [1.54, 1.807) is 0 Å². The number of rotatable bonds is 3.